The summed E-state index contributed by atoms with van der Waals surface area (Å²) in [6.45, 7) is 14.2. The Labute approximate surface area is 130 Å². The highest BCUT2D eigenvalue weighted by molar-refractivity contribution is 5.47. The number of pyridine rings is 1. The molecule has 0 amide bonds. The third-order valence-electron chi connectivity index (χ3n) is 3.79. The summed E-state index contributed by atoms with van der Waals surface area (Å²) in [5, 5.41) is 0. The smallest absolute Gasteiger partial charge is 0.131 e. The minimum Gasteiger partial charge on any atom is -0.356 e. The fraction of sp³-hybridized carbons (Fsp3) is 0.722. The van der Waals surface area contributed by atoms with Crippen LogP contribution in [0.2, 0.25) is 0 Å². The standard InChI is InChI=1S/C18H33N3/c1-14(2)7-10-21(11-8-15(3)4)18-16(5)12-17(6-9-19)13-20-18/h12-15H,6-11,19H2,1-5H3. The lowest BCUT2D eigenvalue weighted by atomic mass is 10.1. The summed E-state index contributed by atoms with van der Waals surface area (Å²) in [5.74, 6) is 2.60. The summed E-state index contributed by atoms with van der Waals surface area (Å²) >= 11 is 0. The Morgan fingerprint density at radius 1 is 1.10 bits per heavy atom. The largest absolute Gasteiger partial charge is 0.356 e. The van der Waals surface area contributed by atoms with Gasteiger partial charge in [0.05, 0.1) is 0 Å². The Morgan fingerprint density at radius 2 is 1.67 bits per heavy atom. The summed E-state index contributed by atoms with van der Waals surface area (Å²) in [5.41, 5.74) is 8.15. The zero-order valence-electron chi connectivity index (χ0n) is 14.5. The molecular weight excluding hydrogens is 258 g/mol. The molecule has 0 bridgehead atoms. The number of aromatic nitrogens is 1. The first-order valence-electron chi connectivity index (χ1n) is 8.34. The lowest BCUT2D eigenvalue weighted by Gasteiger charge is -2.27. The Morgan fingerprint density at radius 3 is 2.10 bits per heavy atom. The molecule has 1 rings (SSSR count). The fourth-order valence-electron chi connectivity index (χ4n) is 2.41. The van der Waals surface area contributed by atoms with Gasteiger partial charge in [-0.05, 0) is 55.7 Å². The minimum absolute atomic E-state index is 0.685. The zero-order chi connectivity index (χ0) is 15.8. The van der Waals surface area contributed by atoms with Crippen molar-refractivity contribution < 1.29 is 0 Å². The van der Waals surface area contributed by atoms with Gasteiger partial charge < -0.3 is 10.6 Å². The first kappa shape index (κ1) is 18.0. The van der Waals surface area contributed by atoms with E-state index in [-0.39, 0.29) is 0 Å². The Hall–Kier alpha value is -1.09. The first-order chi connectivity index (χ1) is 9.93. The van der Waals surface area contributed by atoms with Crippen molar-refractivity contribution in [2.24, 2.45) is 17.6 Å². The van der Waals surface area contributed by atoms with Gasteiger partial charge in [-0.15, -0.1) is 0 Å². The van der Waals surface area contributed by atoms with Crippen molar-refractivity contribution in [3.05, 3.63) is 23.4 Å². The lowest BCUT2D eigenvalue weighted by Crippen LogP contribution is -2.29. The predicted molar refractivity (Wildman–Crippen MR) is 92.9 cm³/mol. The second kappa shape index (κ2) is 9.04. The van der Waals surface area contributed by atoms with Gasteiger partial charge in [-0.25, -0.2) is 4.98 Å². The van der Waals surface area contributed by atoms with Crippen LogP contribution in [0.15, 0.2) is 12.3 Å². The quantitative estimate of drug-likeness (QED) is 0.752. The van der Waals surface area contributed by atoms with Crippen LogP contribution in [0, 0.1) is 18.8 Å². The lowest BCUT2D eigenvalue weighted by molar-refractivity contribution is 0.532. The van der Waals surface area contributed by atoms with Gasteiger partial charge in [-0.3, -0.25) is 0 Å². The summed E-state index contributed by atoms with van der Waals surface area (Å²) in [7, 11) is 0. The number of rotatable bonds is 9. The highest BCUT2D eigenvalue weighted by Gasteiger charge is 2.12. The van der Waals surface area contributed by atoms with E-state index >= 15 is 0 Å². The van der Waals surface area contributed by atoms with Crippen molar-refractivity contribution in [1.82, 2.24) is 4.98 Å². The second-order valence-electron chi connectivity index (χ2n) is 6.87. The third kappa shape index (κ3) is 6.47. The van der Waals surface area contributed by atoms with Crippen molar-refractivity contribution in [3.8, 4) is 0 Å². The molecule has 1 aromatic heterocycles. The van der Waals surface area contributed by atoms with Gasteiger partial charge in [0.2, 0.25) is 0 Å². The monoisotopic (exact) mass is 291 g/mol. The molecule has 3 nitrogen and oxygen atoms in total. The van der Waals surface area contributed by atoms with Crippen LogP contribution in [0.3, 0.4) is 0 Å². The molecule has 0 saturated carbocycles. The minimum atomic E-state index is 0.685. The normalized spacial score (nSPS) is 11.4. The van der Waals surface area contributed by atoms with Gasteiger partial charge in [0.25, 0.3) is 0 Å². The molecule has 0 aliphatic rings. The molecule has 0 fully saturated rings. The molecular formula is C18H33N3. The maximum Gasteiger partial charge on any atom is 0.131 e. The molecule has 3 heteroatoms. The SMILES string of the molecule is Cc1cc(CCN)cnc1N(CCC(C)C)CCC(C)C. The van der Waals surface area contributed by atoms with Gasteiger partial charge in [0.1, 0.15) is 5.82 Å². The summed E-state index contributed by atoms with van der Waals surface area (Å²) in [4.78, 5) is 7.18. The molecule has 120 valence electrons. The Bertz CT molecular complexity index is 401. The molecule has 0 aliphatic heterocycles. The maximum absolute atomic E-state index is 5.63. The fourth-order valence-corrected chi connectivity index (χ4v) is 2.41. The van der Waals surface area contributed by atoms with E-state index in [4.69, 9.17) is 10.7 Å². The van der Waals surface area contributed by atoms with Gasteiger partial charge in [0, 0.05) is 19.3 Å². The number of hydrogen-bond donors (Lipinski definition) is 1. The van der Waals surface area contributed by atoms with Crippen molar-refractivity contribution in [3.63, 3.8) is 0 Å². The second-order valence-corrected chi connectivity index (χ2v) is 6.87. The molecule has 0 aromatic carbocycles. The highest BCUT2D eigenvalue weighted by atomic mass is 15.2. The molecule has 0 atom stereocenters. The first-order valence-corrected chi connectivity index (χ1v) is 8.34. The topological polar surface area (TPSA) is 42.1 Å². The molecule has 1 aromatic rings. The molecule has 0 radical (unpaired) electrons. The van der Waals surface area contributed by atoms with E-state index in [0.29, 0.717) is 6.54 Å². The van der Waals surface area contributed by atoms with E-state index in [9.17, 15) is 0 Å². The van der Waals surface area contributed by atoms with E-state index in [1.54, 1.807) is 0 Å². The molecule has 1 heterocycles. The van der Waals surface area contributed by atoms with Crippen LogP contribution in [-0.4, -0.2) is 24.6 Å². The van der Waals surface area contributed by atoms with E-state index in [0.717, 1.165) is 37.2 Å². The third-order valence-corrected chi connectivity index (χ3v) is 3.79. The van der Waals surface area contributed by atoms with Crippen molar-refractivity contribution in [1.29, 1.82) is 0 Å². The van der Waals surface area contributed by atoms with E-state index in [2.05, 4.69) is 45.6 Å². The van der Waals surface area contributed by atoms with E-state index in [1.165, 1.54) is 24.0 Å². The van der Waals surface area contributed by atoms with E-state index < -0.39 is 0 Å². The van der Waals surface area contributed by atoms with Crippen LogP contribution >= 0.6 is 0 Å². The van der Waals surface area contributed by atoms with Crippen molar-refractivity contribution in [2.45, 2.75) is 53.9 Å². The average molecular weight is 291 g/mol. The predicted octanol–water partition coefficient (Wildman–Crippen LogP) is 3.79. The summed E-state index contributed by atoms with van der Waals surface area (Å²) in [6, 6.07) is 2.24. The number of hydrogen-bond acceptors (Lipinski definition) is 3. The van der Waals surface area contributed by atoms with Gasteiger partial charge >= 0.3 is 0 Å². The molecule has 2 N–H and O–H groups in total. The Kier molecular flexibility index (Phi) is 7.73. The van der Waals surface area contributed by atoms with Crippen molar-refractivity contribution in [2.75, 3.05) is 24.5 Å². The van der Waals surface area contributed by atoms with Crippen LogP contribution in [0.1, 0.15) is 51.7 Å². The molecule has 0 spiro atoms. The molecule has 0 aliphatic carbocycles. The van der Waals surface area contributed by atoms with Crippen LogP contribution in [0.5, 0.6) is 0 Å². The van der Waals surface area contributed by atoms with Crippen molar-refractivity contribution >= 4 is 5.82 Å². The average Bonchev–Trinajstić information content (AvgIpc) is 2.40. The number of nitrogens with zero attached hydrogens (tertiary/aromatic N) is 2. The van der Waals surface area contributed by atoms with Crippen LogP contribution in [-0.2, 0) is 6.42 Å². The van der Waals surface area contributed by atoms with Crippen LogP contribution in [0.4, 0.5) is 5.82 Å². The van der Waals surface area contributed by atoms with Gasteiger partial charge in [0.15, 0.2) is 0 Å². The Balaban J connectivity index is 2.84. The van der Waals surface area contributed by atoms with Crippen LogP contribution in [0.25, 0.3) is 0 Å². The summed E-state index contributed by atoms with van der Waals surface area (Å²) in [6.07, 6.45) is 5.33. The van der Waals surface area contributed by atoms with E-state index in [1.807, 2.05) is 6.20 Å². The molecule has 0 saturated heterocycles. The van der Waals surface area contributed by atoms with Gasteiger partial charge in [-0.1, -0.05) is 33.8 Å². The summed E-state index contributed by atoms with van der Waals surface area (Å²) < 4.78 is 0. The number of nitrogens with two attached hydrogens (primary N) is 1. The van der Waals surface area contributed by atoms with Gasteiger partial charge in [-0.2, -0.15) is 0 Å². The zero-order valence-corrected chi connectivity index (χ0v) is 14.5. The maximum atomic E-state index is 5.63. The number of anilines is 1. The number of aryl methyl sites for hydroxylation is 1. The molecule has 21 heavy (non-hydrogen) atoms. The highest BCUT2D eigenvalue weighted by Crippen LogP contribution is 2.20. The van der Waals surface area contributed by atoms with Crippen LogP contribution < -0.4 is 10.6 Å². The molecule has 0 unspecified atom stereocenters.